The quantitative estimate of drug-likeness (QED) is 0.897. The second kappa shape index (κ2) is 5.21. The lowest BCUT2D eigenvalue weighted by atomic mass is 10.2. The van der Waals surface area contributed by atoms with E-state index in [1.807, 2.05) is 0 Å². The molecule has 1 fully saturated rings. The zero-order chi connectivity index (χ0) is 13.9. The van der Waals surface area contributed by atoms with Crippen molar-refractivity contribution in [1.82, 2.24) is 0 Å². The Balaban J connectivity index is 1.67. The lowest BCUT2D eigenvalue weighted by Crippen LogP contribution is -2.14. The fourth-order valence-electron chi connectivity index (χ4n) is 1.87. The highest BCUT2D eigenvalue weighted by atomic mass is 16.3. The van der Waals surface area contributed by atoms with Crippen molar-refractivity contribution in [3.8, 4) is 0 Å². The summed E-state index contributed by atoms with van der Waals surface area (Å²) < 4.78 is 5.02. The molecule has 1 aliphatic rings. The molecule has 1 heterocycles. The molecule has 0 spiro atoms. The van der Waals surface area contributed by atoms with Gasteiger partial charge in [-0.2, -0.15) is 0 Å². The number of nitrogens with one attached hydrogen (secondary N) is 2. The van der Waals surface area contributed by atoms with Crippen LogP contribution in [0.25, 0.3) is 0 Å². The van der Waals surface area contributed by atoms with Gasteiger partial charge in [0.2, 0.25) is 5.91 Å². The van der Waals surface area contributed by atoms with Gasteiger partial charge >= 0.3 is 0 Å². The average molecular weight is 270 g/mol. The van der Waals surface area contributed by atoms with Gasteiger partial charge in [-0.25, -0.2) is 0 Å². The minimum Gasteiger partial charge on any atom is -0.459 e. The molecule has 0 aliphatic heterocycles. The molecule has 102 valence electrons. The summed E-state index contributed by atoms with van der Waals surface area (Å²) in [7, 11) is 0. The van der Waals surface area contributed by atoms with E-state index >= 15 is 0 Å². The number of benzene rings is 1. The summed E-state index contributed by atoms with van der Waals surface area (Å²) in [6, 6.07) is 10.3. The third kappa shape index (κ3) is 2.88. The molecule has 0 unspecified atom stereocenters. The van der Waals surface area contributed by atoms with Gasteiger partial charge in [0.15, 0.2) is 5.76 Å². The summed E-state index contributed by atoms with van der Waals surface area (Å²) in [6.07, 6.45) is 3.36. The van der Waals surface area contributed by atoms with Crippen LogP contribution in [0.3, 0.4) is 0 Å². The van der Waals surface area contributed by atoms with E-state index in [-0.39, 0.29) is 23.5 Å². The van der Waals surface area contributed by atoms with E-state index < -0.39 is 0 Å². The maximum Gasteiger partial charge on any atom is 0.291 e. The fraction of sp³-hybridized carbons (Fsp3) is 0.200. The molecule has 1 aromatic carbocycles. The van der Waals surface area contributed by atoms with Gasteiger partial charge in [-0.3, -0.25) is 9.59 Å². The summed E-state index contributed by atoms with van der Waals surface area (Å²) >= 11 is 0. The Labute approximate surface area is 116 Å². The van der Waals surface area contributed by atoms with Crippen molar-refractivity contribution in [1.29, 1.82) is 0 Å². The topological polar surface area (TPSA) is 71.3 Å². The van der Waals surface area contributed by atoms with Crippen molar-refractivity contribution < 1.29 is 14.0 Å². The first-order valence-electron chi connectivity index (χ1n) is 6.48. The van der Waals surface area contributed by atoms with Crippen molar-refractivity contribution in [2.24, 2.45) is 5.92 Å². The number of hydrogen-bond donors (Lipinski definition) is 2. The van der Waals surface area contributed by atoms with E-state index in [0.29, 0.717) is 11.4 Å². The van der Waals surface area contributed by atoms with Gasteiger partial charge in [-0.1, -0.05) is 6.07 Å². The van der Waals surface area contributed by atoms with Crippen LogP contribution in [0.2, 0.25) is 0 Å². The van der Waals surface area contributed by atoms with Crippen molar-refractivity contribution >= 4 is 23.2 Å². The number of hydrogen-bond acceptors (Lipinski definition) is 3. The highest BCUT2D eigenvalue weighted by Crippen LogP contribution is 2.30. The zero-order valence-corrected chi connectivity index (χ0v) is 10.8. The molecule has 20 heavy (non-hydrogen) atoms. The Kier molecular flexibility index (Phi) is 3.25. The van der Waals surface area contributed by atoms with E-state index in [0.717, 1.165) is 12.8 Å². The largest absolute Gasteiger partial charge is 0.459 e. The van der Waals surface area contributed by atoms with Crippen LogP contribution < -0.4 is 10.6 Å². The van der Waals surface area contributed by atoms with Crippen LogP contribution in [0, 0.1) is 5.92 Å². The van der Waals surface area contributed by atoms with Gasteiger partial charge in [0.25, 0.3) is 5.91 Å². The molecule has 5 heteroatoms. The normalized spacial score (nSPS) is 13.8. The minimum absolute atomic E-state index is 0.0412. The van der Waals surface area contributed by atoms with Crippen LogP contribution in [0.5, 0.6) is 0 Å². The summed E-state index contributed by atoms with van der Waals surface area (Å²) in [5.74, 6) is 0.119. The number of furan rings is 1. The molecule has 2 aromatic rings. The van der Waals surface area contributed by atoms with Crippen molar-refractivity contribution in [2.45, 2.75) is 12.8 Å². The molecule has 2 N–H and O–H groups in total. The molecule has 0 bridgehead atoms. The first-order valence-corrected chi connectivity index (χ1v) is 6.48. The average Bonchev–Trinajstić information content (AvgIpc) is 3.14. The third-order valence-electron chi connectivity index (χ3n) is 3.08. The van der Waals surface area contributed by atoms with E-state index in [1.54, 1.807) is 36.4 Å². The molecular formula is C15H14N2O3. The first kappa shape index (κ1) is 12.5. The molecule has 0 atom stereocenters. The van der Waals surface area contributed by atoms with Gasteiger partial charge in [0.1, 0.15) is 0 Å². The first-order chi connectivity index (χ1) is 9.72. The highest BCUT2D eigenvalue weighted by molar-refractivity contribution is 6.02. The standard InChI is InChI=1S/C15H14N2O3/c18-14(10-6-7-10)16-11-3-1-4-12(9-11)17-15(19)13-5-2-8-20-13/h1-5,8-10H,6-7H2,(H,16,18)(H,17,19). The predicted molar refractivity (Wildman–Crippen MR) is 74.5 cm³/mol. The van der Waals surface area contributed by atoms with E-state index in [2.05, 4.69) is 10.6 Å². The molecular weight excluding hydrogens is 256 g/mol. The molecule has 3 rings (SSSR count). The molecule has 0 radical (unpaired) electrons. The second-order valence-corrected chi connectivity index (χ2v) is 4.78. The molecule has 1 saturated carbocycles. The summed E-state index contributed by atoms with van der Waals surface area (Å²) in [5.41, 5.74) is 1.29. The Morgan fingerprint density at radius 3 is 2.45 bits per heavy atom. The van der Waals surface area contributed by atoms with Gasteiger partial charge in [0, 0.05) is 17.3 Å². The lowest BCUT2D eigenvalue weighted by Gasteiger charge is -2.07. The Morgan fingerprint density at radius 2 is 1.80 bits per heavy atom. The van der Waals surface area contributed by atoms with E-state index in [4.69, 9.17) is 4.42 Å². The number of carbonyl (C=O) groups is 2. The summed E-state index contributed by atoms with van der Waals surface area (Å²) in [4.78, 5) is 23.5. The number of amides is 2. The maximum absolute atomic E-state index is 11.8. The zero-order valence-electron chi connectivity index (χ0n) is 10.8. The smallest absolute Gasteiger partial charge is 0.291 e. The van der Waals surface area contributed by atoms with Crippen LogP contribution in [0.15, 0.2) is 47.1 Å². The number of rotatable bonds is 4. The van der Waals surface area contributed by atoms with Crippen LogP contribution in [0.1, 0.15) is 23.4 Å². The van der Waals surface area contributed by atoms with E-state index in [9.17, 15) is 9.59 Å². The van der Waals surface area contributed by atoms with Crippen LogP contribution in [0.4, 0.5) is 11.4 Å². The summed E-state index contributed by atoms with van der Waals surface area (Å²) in [5, 5.41) is 5.56. The third-order valence-corrected chi connectivity index (χ3v) is 3.08. The minimum atomic E-state index is -0.319. The SMILES string of the molecule is O=C(Nc1cccc(NC(=O)C2CC2)c1)c1ccco1. The van der Waals surface area contributed by atoms with Gasteiger partial charge in [0.05, 0.1) is 6.26 Å². The van der Waals surface area contributed by atoms with Crippen molar-refractivity contribution in [3.05, 3.63) is 48.4 Å². The monoisotopic (exact) mass is 270 g/mol. The van der Waals surface area contributed by atoms with Gasteiger partial charge < -0.3 is 15.1 Å². The maximum atomic E-state index is 11.8. The molecule has 1 aromatic heterocycles. The molecule has 2 amide bonds. The van der Waals surface area contributed by atoms with Crippen molar-refractivity contribution in [2.75, 3.05) is 10.6 Å². The molecule has 1 aliphatic carbocycles. The number of carbonyl (C=O) groups excluding carboxylic acids is 2. The Hall–Kier alpha value is -2.56. The van der Waals surface area contributed by atoms with E-state index in [1.165, 1.54) is 6.26 Å². The number of anilines is 2. The lowest BCUT2D eigenvalue weighted by molar-refractivity contribution is -0.117. The fourth-order valence-corrected chi connectivity index (χ4v) is 1.87. The molecule has 5 nitrogen and oxygen atoms in total. The van der Waals surface area contributed by atoms with Crippen LogP contribution in [-0.2, 0) is 4.79 Å². The van der Waals surface area contributed by atoms with Crippen LogP contribution >= 0.6 is 0 Å². The van der Waals surface area contributed by atoms with Gasteiger partial charge in [-0.15, -0.1) is 0 Å². The second-order valence-electron chi connectivity index (χ2n) is 4.78. The summed E-state index contributed by atoms with van der Waals surface area (Å²) in [6.45, 7) is 0. The molecule has 0 saturated heterocycles. The van der Waals surface area contributed by atoms with Crippen LogP contribution in [-0.4, -0.2) is 11.8 Å². The highest BCUT2D eigenvalue weighted by Gasteiger charge is 2.29. The Bertz CT molecular complexity index is 630. The Morgan fingerprint density at radius 1 is 1.05 bits per heavy atom. The van der Waals surface area contributed by atoms with Crippen molar-refractivity contribution in [3.63, 3.8) is 0 Å². The van der Waals surface area contributed by atoms with Gasteiger partial charge in [-0.05, 0) is 43.2 Å². The predicted octanol–water partition coefficient (Wildman–Crippen LogP) is 2.88.